The first-order valence-corrected chi connectivity index (χ1v) is 6.19. The van der Waals surface area contributed by atoms with E-state index in [0.29, 0.717) is 6.61 Å². The maximum absolute atomic E-state index is 9.02. The smallest absolute Gasteiger partial charge is 0.127 e. The highest BCUT2D eigenvalue weighted by molar-refractivity contribution is 5.70. The molecule has 0 fully saturated rings. The van der Waals surface area contributed by atoms with E-state index in [1.54, 1.807) is 0 Å². The second kappa shape index (κ2) is 6.22. The SMILES string of the molecule is CC(CO)COc1ccccc1-c1ccccc1. The van der Waals surface area contributed by atoms with Crippen LogP contribution in [0.25, 0.3) is 11.1 Å². The largest absolute Gasteiger partial charge is 0.493 e. The maximum atomic E-state index is 9.02. The maximum Gasteiger partial charge on any atom is 0.127 e. The second-order valence-corrected chi connectivity index (χ2v) is 4.46. The second-order valence-electron chi connectivity index (χ2n) is 4.46. The Morgan fingerprint density at radius 2 is 1.67 bits per heavy atom. The fraction of sp³-hybridized carbons (Fsp3) is 0.250. The van der Waals surface area contributed by atoms with Crippen molar-refractivity contribution < 1.29 is 9.84 Å². The molecule has 0 aliphatic carbocycles. The summed E-state index contributed by atoms with van der Waals surface area (Å²) in [7, 11) is 0. The highest BCUT2D eigenvalue weighted by Gasteiger charge is 2.07. The zero-order chi connectivity index (χ0) is 12.8. The van der Waals surface area contributed by atoms with E-state index in [1.165, 1.54) is 0 Å². The third-order valence-electron chi connectivity index (χ3n) is 2.81. The lowest BCUT2D eigenvalue weighted by Crippen LogP contribution is -2.12. The first kappa shape index (κ1) is 12.7. The summed E-state index contributed by atoms with van der Waals surface area (Å²) in [6.07, 6.45) is 0. The Hall–Kier alpha value is -1.80. The van der Waals surface area contributed by atoms with Crippen molar-refractivity contribution in [3.8, 4) is 16.9 Å². The van der Waals surface area contributed by atoms with Gasteiger partial charge in [-0.15, -0.1) is 0 Å². The van der Waals surface area contributed by atoms with E-state index in [1.807, 2.05) is 49.4 Å². The number of aliphatic hydroxyl groups is 1. The molecule has 0 saturated heterocycles. The van der Waals surface area contributed by atoms with Gasteiger partial charge in [-0.05, 0) is 11.6 Å². The van der Waals surface area contributed by atoms with Crippen molar-refractivity contribution in [2.45, 2.75) is 6.92 Å². The molecule has 2 aromatic carbocycles. The van der Waals surface area contributed by atoms with Crippen LogP contribution < -0.4 is 4.74 Å². The van der Waals surface area contributed by atoms with Crippen LogP contribution in [-0.2, 0) is 0 Å². The van der Waals surface area contributed by atoms with Crippen LogP contribution in [-0.4, -0.2) is 18.3 Å². The summed E-state index contributed by atoms with van der Waals surface area (Å²) < 4.78 is 5.78. The van der Waals surface area contributed by atoms with Gasteiger partial charge < -0.3 is 9.84 Å². The Balaban J connectivity index is 2.21. The lowest BCUT2D eigenvalue weighted by Gasteiger charge is -2.14. The van der Waals surface area contributed by atoms with Crippen LogP contribution in [0.15, 0.2) is 54.6 Å². The molecule has 0 aliphatic heterocycles. The zero-order valence-corrected chi connectivity index (χ0v) is 10.5. The molecule has 0 radical (unpaired) electrons. The number of hydrogen-bond acceptors (Lipinski definition) is 2. The number of aliphatic hydroxyl groups excluding tert-OH is 1. The minimum absolute atomic E-state index is 0.146. The van der Waals surface area contributed by atoms with Crippen LogP contribution in [0.3, 0.4) is 0 Å². The standard InChI is InChI=1S/C16H18O2/c1-13(11-17)12-18-16-10-6-5-9-15(16)14-7-3-2-4-8-14/h2-10,13,17H,11-12H2,1H3. The van der Waals surface area contributed by atoms with Gasteiger partial charge in [0.2, 0.25) is 0 Å². The van der Waals surface area contributed by atoms with Crippen LogP contribution in [0.4, 0.5) is 0 Å². The topological polar surface area (TPSA) is 29.5 Å². The van der Waals surface area contributed by atoms with Gasteiger partial charge in [0.15, 0.2) is 0 Å². The fourth-order valence-corrected chi connectivity index (χ4v) is 1.73. The van der Waals surface area contributed by atoms with Crippen LogP contribution in [0, 0.1) is 5.92 Å². The minimum Gasteiger partial charge on any atom is -0.493 e. The average molecular weight is 242 g/mol. The highest BCUT2D eigenvalue weighted by atomic mass is 16.5. The Kier molecular flexibility index (Phi) is 4.37. The normalized spacial score (nSPS) is 12.1. The van der Waals surface area contributed by atoms with Gasteiger partial charge in [0, 0.05) is 18.1 Å². The molecule has 1 unspecified atom stereocenters. The predicted molar refractivity (Wildman–Crippen MR) is 73.6 cm³/mol. The molecule has 2 heteroatoms. The van der Waals surface area contributed by atoms with Gasteiger partial charge in [-0.3, -0.25) is 0 Å². The van der Waals surface area contributed by atoms with Crippen LogP contribution in [0.2, 0.25) is 0 Å². The lowest BCUT2D eigenvalue weighted by molar-refractivity contribution is 0.175. The van der Waals surface area contributed by atoms with Gasteiger partial charge in [-0.25, -0.2) is 0 Å². The third kappa shape index (κ3) is 3.11. The molecule has 18 heavy (non-hydrogen) atoms. The molecule has 0 aliphatic rings. The van der Waals surface area contributed by atoms with Crippen molar-refractivity contribution in [3.63, 3.8) is 0 Å². The van der Waals surface area contributed by atoms with Gasteiger partial charge in [0.1, 0.15) is 5.75 Å². The molecule has 0 aromatic heterocycles. The van der Waals surface area contributed by atoms with Gasteiger partial charge in [0.05, 0.1) is 6.61 Å². The van der Waals surface area contributed by atoms with E-state index in [-0.39, 0.29) is 12.5 Å². The first-order chi connectivity index (χ1) is 8.81. The lowest BCUT2D eigenvalue weighted by atomic mass is 10.0. The molecule has 1 atom stereocenters. The summed E-state index contributed by atoms with van der Waals surface area (Å²) >= 11 is 0. The van der Waals surface area contributed by atoms with Gasteiger partial charge in [-0.2, -0.15) is 0 Å². The number of para-hydroxylation sites is 1. The van der Waals surface area contributed by atoms with Gasteiger partial charge in [0.25, 0.3) is 0 Å². The molecule has 0 saturated carbocycles. The Labute approximate surface area is 108 Å². The average Bonchev–Trinajstić information content (AvgIpc) is 2.46. The van der Waals surface area contributed by atoms with Gasteiger partial charge in [-0.1, -0.05) is 55.5 Å². The van der Waals surface area contributed by atoms with Crippen molar-refractivity contribution in [3.05, 3.63) is 54.6 Å². The Bertz CT molecular complexity index is 479. The molecular weight excluding hydrogens is 224 g/mol. The number of hydrogen-bond donors (Lipinski definition) is 1. The van der Waals surface area contributed by atoms with Crippen LogP contribution in [0.1, 0.15) is 6.92 Å². The Morgan fingerprint density at radius 3 is 2.39 bits per heavy atom. The zero-order valence-electron chi connectivity index (χ0n) is 10.5. The van der Waals surface area contributed by atoms with E-state index in [2.05, 4.69) is 12.1 Å². The minimum atomic E-state index is 0.146. The van der Waals surface area contributed by atoms with E-state index in [9.17, 15) is 0 Å². The number of benzene rings is 2. The molecule has 0 amide bonds. The van der Waals surface area contributed by atoms with Crippen molar-refractivity contribution in [1.29, 1.82) is 0 Å². The van der Waals surface area contributed by atoms with E-state index in [4.69, 9.17) is 9.84 Å². The van der Waals surface area contributed by atoms with E-state index >= 15 is 0 Å². The molecule has 2 aromatic rings. The molecule has 2 rings (SSSR count). The quantitative estimate of drug-likeness (QED) is 0.871. The monoisotopic (exact) mass is 242 g/mol. The van der Waals surface area contributed by atoms with Crippen molar-refractivity contribution in [2.75, 3.05) is 13.2 Å². The summed E-state index contributed by atoms with van der Waals surface area (Å²) in [5.74, 6) is 1.01. The van der Waals surface area contributed by atoms with Crippen molar-refractivity contribution in [1.82, 2.24) is 0 Å². The Morgan fingerprint density at radius 1 is 1.00 bits per heavy atom. The fourth-order valence-electron chi connectivity index (χ4n) is 1.73. The van der Waals surface area contributed by atoms with Crippen molar-refractivity contribution >= 4 is 0 Å². The van der Waals surface area contributed by atoms with E-state index in [0.717, 1.165) is 16.9 Å². The first-order valence-electron chi connectivity index (χ1n) is 6.19. The summed E-state index contributed by atoms with van der Waals surface area (Å²) in [6.45, 7) is 2.64. The summed E-state index contributed by atoms with van der Waals surface area (Å²) in [4.78, 5) is 0. The molecule has 0 heterocycles. The van der Waals surface area contributed by atoms with Crippen LogP contribution in [0.5, 0.6) is 5.75 Å². The molecule has 2 nitrogen and oxygen atoms in total. The molecule has 1 N–H and O–H groups in total. The highest BCUT2D eigenvalue weighted by Crippen LogP contribution is 2.29. The van der Waals surface area contributed by atoms with E-state index < -0.39 is 0 Å². The molecule has 0 spiro atoms. The number of rotatable bonds is 5. The molecule has 0 bridgehead atoms. The molecule has 94 valence electrons. The number of ether oxygens (including phenoxy) is 1. The van der Waals surface area contributed by atoms with Crippen molar-refractivity contribution in [2.24, 2.45) is 5.92 Å². The summed E-state index contributed by atoms with van der Waals surface area (Å²) in [5.41, 5.74) is 2.23. The molecular formula is C16H18O2. The third-order valence-corrected chi connectivity index (χ3v) is 2.81. The summed E-state index contributed by atoms with van der Waals surface area (Å²) in [5, 5.41) is 9.02. The predicted octanol–water partition coefficient (Wildman–Crippen LogP) is 3.36. The van der Waals surface area contributed by atoms with Crippen LogP contribution >= 0.6 is 0 Å². The van der Waals surface area contributed by atoms with Gasteiger partial charge >= 0.3 is 0 Å². The summed E-state index contributed by atoms with van der Waals surface area (Å²) in [6, 6.07) is 18.2.